The molecule has 0 atom stereocenters. The van der Waals surface area contributed by atoms with E-state index in [-0.39, 0.29) is 18.5 Å². The molecule has 2 aliphatic heterocycles. The minimum Gasteiger partial charge on any atom is -0.454 e. The number of hydrogen-bond donors (Lipinski definition) is 0. The smallest absolute Gasteiger partial charge is 0.272 e. The maximum atomic E-state index is 13.2. The Labute approximate surface area is 173 Å². The lowest BCUT2D eigenvalue weighted by Gasteiger charge is -2.34. The molecule has 1 fully saturated rings. The Morgan fingerprint density at radius 1 is 1.00 bits per heavy atom. The Morgan fingerprint density at radius 2 is 1.77 bits per heavy atom. The molecule has 1 aromatic heterocycles. The van der Waals surface area contributed by atoms with Crippen molar-refractivity contribution in [3.63, 3.8) is 0 Å². The summed E-state index contributed by atoms with van der Waals surface area (Å²) in [4.78, 5) is 21.3. The van der Waals surface area contributed by atoms with Crippen molar-refractivity contribution in [2.24, 2.45) is 0 Å². The van der Waals surface area contributed by atoms with E-state index in [1.54, 1.807) is 29.2 Å². The Hall–Kier alpha value is -3.39. The van der Waals surface area contributed by atoms with Gasteiger partial charge in [-0.2, -0.15) is 0 Å². The number of hydrogen-bond acceptors (Lipinski definition) is 5. The third-order valence-corrected chi connectivity index (χ3v) is 5.47. The molecule has 0 N–H and O–H groups in total. The lowest BCUT2D eigenvalue weighted by molar-refractivity contribution is 0.0620. The number of fused-ring (bicyclic) bond motifs is 1. The first kappa shape index (κ1) is 18.6. The lowest BCUT2D eigenvalue weighted by Crippen LogP contribution is -2.48. The molecule has 8 heteroatoms. The van der Waals surface area contributed by atoms with E-state index in [0.717, 1.165) is 36.7 Å². The second kappa shape index (κ2) is 7.79. The average molecular weight is 408 g/mol. The molecule has 0 bridgehead atoms. The molecule has 5 rings (SSSR count). The van der Waals surface area contributed by atoms with Gasteiger partial charge in [0, 0.05) is 38.4 Å². The molecular weight excluding hydrogens is 387 g/mol. The minimum absolute atomic E-state index is 0.0699. The first-order valence-electron chi connectivity index (χ1n) is 9.86. The Morgan fingerprint density at radius 3 is 2.57 bits per heavy atom. The van der Waals surface area contributed by atoms with Crippen LogP contribution in [0.1, 0.15) is 16.1 Å². The summed E-state index contributed by atoms with van der Waals surface area (Å²) in [5.41, 5.74) is 2.35. The Kier molecular flexibility index (Phi) is 4.84. The Bertz CT molecular complexity index is 1060. The van der Waals surface area contributed by atoms with Crippen molar-refractivity contribution >= 4 is 5.91 Å². The minimum atomic E-state index is -0.315. The van der Waals surface area contributed by atoms with Crippen LogP contribution in [0.15, 0.2) is 55.0 Å². The fourth-order valence-electron chi connectivity index (χ4n) is 3.83. The highest BCUT2D eigenvalue weighted by molar-refractivity contribution is 5.93. The summed E-state index contributed by atoms with van der Waals surface area (Å²) >= 11 is 0. The van der Waals surface area contributed by atoms with Crippen molar-refractivity contribution < 1.29 is 18.7 Å². The number of rotatable bonds is 4. The average Bonchev–Trinajstić information content (AvgIpc) is 3.44. The Balaban J connectivity index is 1.22. The zero-order valence-electron chi connectivity index (χ0n) is 16.3. The number of nitrogens with zero attached hydrogens (tertiary/aromatic N) is 4. The third-order valence-electron chi connectivity index (χ3n) is 5.47. The molecule has 0 unspecified atom stereocenters. The molecule has 0 radical (unpaired) electrons. The van der Waals surface area contributed by atoms with Gasteiger partial charge in [-0.15, -0.1) is 0 Å². The molecule has 2 aliphatic rings. The van der Waals surface area contributed by atoms with Crippen LogP contribution in [0, 0.1) is 5.82 Å². The van der Waals surface area contributed by atoms with Gasteiger partial charge in [0.25, 0.3) is 5.91 Å². The summed E-state index contributed by atoms with van der Waals surface area (Å²) in [6.45, 7) is 3.91. The van der Waals surface area contributed by atoms with Crippen LogP contribution in [0.25, 0.3) is 5.69 Å². The molecule has 3 heterocycles. The van der Waals surface area contributed by atoms with Gasteiger partial charge in [-0.25, -0.2) is 9.37 Å². The van der Waals surface area contributed by atoms with Crippen molar-refractivity contribution in [1.82, 2.24) is 19.4 Å². The van der Waals surface area contributed by atoms with Gasteiger partial charge >= 0.3 is 0 Å². The van der Waals surface area contributed by atoms with Crippen LogP contribution >= 0.6 is 0 Å². The van der Waals surface area contributed by atoms with Crippen LogP contribution in [0.3, 0.4) is 0 Å². The van der Waals surface area contributed by atoms with Gasteiger partial charge in [0.1, 0.15) is 11.5 Å². The van der Waals surface area contributed by atoms with Crippen molar-refractivity contribution in [2.45, 2.75) is 6.54 Å². The van der Waals surface area contributed by atoms with Gasteiger partial charge in [0.2, 0.25) is 6.79 Å². The van der Waals surface area contributed by atoms with Crippen LogP contribution < -0.4 is 9.47 Å². The van der Waals surface area contributed by atoms with Crippen LogP contribution in [0.4, 0.5) is 4.39 Å². The summed E-state index contributed by atoms with van der Waals surface area (Å²) in [6, 6.07) is 12.0. The molecular formula is C22H21FN4O3. The molecule has 0 saturated carbocycles. The van der Waals surface area contributed by atoms with E-state index in [4.69, 9.17) is 9.47 Å². The molecule has 30 heavy (non-hydrogen) atoms. The number of aromatic nitrogens is 2. The number of amides is 1. The summed E-state index contributed by atoms with van der Waals surface area (Å²) in [5, 5.41) is 0. The van der Waals surface area contributed by atoms with Crippen LogP contribution in [0.2, 0.25) is 0 Å². The van der Waals surface area contributed by atoms with Crippen molar-refractivity contribution in [1.29, 1.82) is 0 Å². The maximum absolute atomic E-state index is 13.2. The zero-order valence-corrected chi connectivity index (χ0v) is 16.3. The van der Waals surface area contributed by atoms with Gasteiger partial charge in [-0.3, -0.25) is 14.3 Å². The van der Waals surface area contributed by atoms with E-state index in [9.17, 15) is 9.18 Å². The van der Waals surface area contributed by atoms with Crippen LogP contribution in [-0.4, -0.2) is 58.2 Å². The number of ether oxygens (including phenoxy) is 2. The normalized spacial score (nSPS) is 16.1. The summed E-state index contributed by atoms with van der Waals surface area (Å²) in [5.74, 6) is 1.19. The van der Waals surface area contributed by atoms with Gasteiger partial charge in [0.15, 0.2) is 11.5 Å². The van der Waals surface area contributed by atoms with Gasteiger partial charge in [0.05, 0.1) is 12.5 Å². The lowest BCUT2D eigenvalue weighted by atomic mass is 10.1. The second-order valence-electron chi connectivity index (χ2n) is 7.38. The molecule has 2 aromatic carbocycles. The van der Waals surface area contributed by atoms with Crippen LogP contribution in [0.5, 0.6) is 11.5 Å². The molecule has 7 nitrogen and oxygen atoms in total. The summed E-state index contributed by atoms with van der Waals surface area (Å²) in [6.07, 6.45) is 3.14. The van der Waals surface area contributed by atoms with E-state index in [1.807, 2.05) is 23.1 Å². The van der Waals surface area contributed by atoms with E-state index in [2.05, 4.69) is 9.88 Å². The second-order valence-corrected chi connectivity index (χ2v) is 7.38. The predicted molar refractivity (Wildman–Crippen MR) is 107 cm³/mol. The quantitative estimate of drug-likeness (QED) is 0.664. The molecule has 1 amide bonds. The van der Waals surface area contributed by atoms with Crippen molar-refractivity contribution in [3.05, 3.63) is 72.1 Å². The zero-order chi connectivity index (χ0) is 20.5. The summed E-state index contributed by atoms with van der Waals surface area (Å²) in [7, 11) is 0. The molecule has 1 saturated heterocycles. The number of carbonyl (C=O) groups is 1. The standard InChI is InChI=1S/C22H21FN4O3/c23-17-2-4-18(5-3-17)27-14-24-12-19(27)22(28)26-9-7-25(8-10-26)13-16-1-6-20-21(11-16)30-15-29-20/h1-6,11-12,14H,7-10,13,15H2. The highest BCUT2D eigenvalue weighted by Crippen LogP contribution is 2.32. The number of piperazine rings is 1. The van der Waals surface area contributed by atoms with E-state index < -0.39 is 0 Å². The highest BCUT2D eigenvalue weighted by Gasteiger charge is 2.25. The molecule has 154 valence electrons. The fraction of sp³-hybridized carbons (Fsp3) is 0.273. The highest BCUT2D eigenvalue weighted by atomic mass is 19.1. The molecule has 3 aromatic rings. The largest absolute Gasteiger partial charge is 0.454 e. The monoisotopic (exact) mass is 408 g/mol. The molecule has 0 aliphatic carbocycles. The van der Waals surface area contributed by atoms with Gasteiger partial charge in [-0.05, 0) is 42.0 Å². The topological polar surface area (TPSA) is 59.8 Å². The van der Waals surface area contributed by atoms with E-state index in [0.29, 0.717) is 24.5 Å². The van der Waals surface area contributed by atoms with E-state index >= 15 is 0 Å². The fourth-order valence-corrected chi connectivity index (χ4v) is 3.83. The van der Waals surface area contributed by atoms with Crippen molar-refractivity contribution in [2.75, 3.05) is 33.0 Å². The summed E-state index contributed by atoms with van der Waals surface area (Å²) < 4.78 is 25.7. The molecule has 0 spiro atoms. The van der Waals surface area contributed by atoms with Crippen LogP contribution in [-0.2, 0) is 6.54 Å². The van der Waals surface area contributed by atoms with E-state index in [1.165, 1.54) is 12.1 Å². The number of halogens is 1. The van der Waals surface area contributed by atoms with Gasteiger partial charge in [-0.1, -0.05) is 6.07 Å². The predicted octanol–water partition coefficient (Wildman–Crippen LogP) is 2.70. The SMILES string of the molecule is O=C(c1cncn1-c1ccc(F)cc1)N1CCN(Cc2ccc3c(c2)OCO3)CC1. The first-order chi connectivity index (χ1) is 14.7. The number of carbonyl (C=O) groups excluding carboxylic acids is 1. The first-order valence-corrected chi connectivity index (χ1v) is 9.86. The maximum Gasteiger partial charge on any atom is 0.272 e. The number of benzene rings is 2. The third kappa shape index (κ3) is 3.61. The van der Waals surface area contributed by atoms with Crippen molar-refractivity contribution in [3.8, 4) is 17.2 Å². The van der Waals surface area contributed by atoms with Gasteiger partial charge < -0.3 is 14.4 Å². The number of imidazole rings is 1.